The van der Waals surface area contributed by atoms with Gasteiger partial charge in [-0.15, -0.1) is 0 Å². The molecule has 3 amide bonds. The topological polar surface area (TPSA) is 108 Å². The van der Waals surface area contributed by atoms with Gasteiger partial charge in [-0.05, 0) is 64.1 Å². The number of carbonyl (C=O) groups excluding carboxylic acids is 4. The van der Waals surface area contributed by atoms with Crippen LogP contribution in [0.2, 0.25) is 0 Å². The Hall–Kier alpha value is -0.560. The summed E-state index contributed by atoms with van der Waals surface area (Å²) >= 11 is 0. The van der Waals surface area contributed by atoms with Crippen molar-refractivity contribution in [2.75, 3.05) is 50.2 Å². The summed E-state index contributed by atoms with van der Waals surface area (Å²) < 4.78 is 0. The van der Waals surface area contributed by atoms with Gasteiger partial charge in [0.2, 0.25) is 17.7 Å². The van der Waals surface area contributed by atoms with Gasteiger partial charge >= 0.3 is 0 Å². The summed E-state index contributed by atoms with van der Waals surface area (Å²) in [5.74, 6) is 1.62. The molecule has 34 heavy (non-hydrogen) atoms. The van der Waals surface area contributed by atoms with E-state index in [2.05, 4.69) is 33.4 Å². The first-order valence-electron chi connectivity index (χ1n) is 11.9. The molecule has 2 atom stereocenters. The molecule has 0 saturated carbocycles. The Morgan fingerprint density at radius 1 is 0.912 bits per heavy atom. The van der Waals surface area contributed by atoms with Crippen molar-refractivity contribution in [3.63, 3.8) is 0 Å². The fourth-order valence-corrected chi connectivity index (χ4v) is 6.21. The highest BCUT2D eigenvalue weighted by molar-refractivity contribution is 8.76. The van der Waals surface area contributed by atoms with E-state index in [1.54, 1.807) is 0 Å². The van der Waals surface area contributed by atoms with Crippen LogP contribution < -0.4 is 16.0 Å². The molecule has 0 aliphatic carbocycles. The van der Waals surface area contributed by atoms with Crippen LogP contribution in [-0.4, -0.2) is 91.2 Å². The molecule has 0 bridgehead atoms. The third-order valence-electron chi connectivity index (χ3n) is 5.39. The molecule has 0 spiro atoms. The molecule has 3 N–H and O–H groups in total. The standard InChI is InChI=1S/C22H40N4O4S4/c1-31-33-16-5-3-12-26(13-4-6-17-34-32-2)14-11-23-20(28)10-9-19-22(30)24-18(8-7-15-27)21(29)25-19/h15,18-19H,3-14,16-17H2,1-2H3,(H,23,28)(H,24,30)(H,25,29). The summed E-state index contributed by atoms with van der Waals surface area (Å²) in [7, 11) is 7.41. The molecule has 0 radical (unpaired) electrons. The Morgan fingerprint density at radius 3 is 2.00 bits per heavy atom. The average molecular weight is 553 g/mol. The van der Waals surface area contributed by atoms with E-state index in [9.17, 15) is 19.2 Å². The van der Waals surface area contributed by atoms with Crippen molar-refractivity contribution in [2.24, 2.45) is 0 Å². The van der Waals surface area contributed by atoms with Crippen LogP contribution in [0.4, 0.5) is 0 Å². The first-order valence-corrected chi connectivity index (χ1v) is 17.3. The highest BCUT2D eigenvalue weighted by Gasteiger charge is 2.33. The van der Waals surface area contributed by atoms with Crippen LogP contribution in [0.15, 0.2) is 0 Å². The van der Waals surface area contributed by atoms with E-state index < -0.39 is 12.1 Å². The van der Waals surface area contributed by atoms with Gasteiger partial charge in [-0.3, -0.25) is 14.4 Å². The Labute approximate surface area is 220 Å². The lowest BCUT2D eigenvalue weighted by Gasteiger charge is -2.29. The number of unbranched alkanes of at least 4 members (excludes halogenated alkanes) is 2. The predicted molar refractivity (Wildman–Crippen MR) is 148 cm³/mol. The summed E-state index contributed by atoms with van der Waals surface area (Å²) in [6.45, 7) is 3.48. The zero-order valence-electron chi connectivity index (χ0n) is 20.3. The maximum Gasteiger partial charge on any atom is 0.243 e. The van der Waals surface area contributed by atoms with Crippen LogP contribution in [0.25, 0.3) is 0 Å². The quantitative estimate of drug-likeness (QED) is 0.113. The number of hydrogen-bond donors (Lipinski definition) is 3. The predicted octanol–water partition coefficient (Wildman–Crippen LogP) is 2.73. The minimum absolute atomic E-state index is 0.113. The van der Waals surface area contributed by atoms with Crippen LogP contribution in [0, 0.1) is 0 Å². The maximum absolute atomic E-state index is 12.3. The van der Waals surface area contributed by atoms with Crippen molar-refractivity contribution in [3.05, 3.63) is 0 Å². The lowest BCUT2D eigenvalue weighted by Crippen LogP contribution is -2.61. The van der Waals surface area contributed by atoms with E-state index in [1.165, 1.54) is 24.3 Å². The first kappa shape index (κ1) is 31.5. The van der Waals surface area contributed by atoms with Crippen molar-refractivity contribution in [1.82, 2.24) is 20.9 Å². The van der Waals surface area contributed by atoms with Gasteiger partial charge in [-0.25, -0.2) is 0 Å². The fourth-order valence-electron chi connectivity index (χ4n) is 3.53. The van der Waals surface area contributed by atoms with Crippen molar-refractivity contribution in [1.29, 1.82) is 0 Å². The van der Waals surface area contributed by atoms with Gasteiger partial charge in [0, 0.05) is 37.4 Å². The van der Waals surface area contributed by atoms with E-state index in [4.69, 9.17) is 0 Å². The number of carbonyl (C=O) groups is 4. The van der Waals surface area contributed by atoms with Crippen LogP contribution in [0.3, 0.4) is 0 Å². The molecule has 0 aromatic rings. The zero-order chi connectivity index (χ0) is 25.0. The molecule has 1 aliphatic heterocycles. The third-order valence-corrected chi connectivity index (χ3v) is 9.19. The fraction of sp³-hybridized carbons (Fsp3) is 0.818. The molecule has 0 aromatic carbocycles. The summed E-state index contributed by atoms with van der Waals surface area (Å²) in [4.78, 5) is 49.5. The van der Waals surface area contributed by atoms with E-state index >= 15 is 0 Å². The van der Waals surface area contributed by atoms with Crippen LogP contribution >= 0.6 is 43.2 Å². The number of nitrogens with zero attached hydrogens (tertiary/aromatic N) is 1. The summed E-state index contributed by atoms with van der Waals surface area (Å²) in [5, 5.41) is 8.27. The number of nitrogens with one attached hydrogen (secondary N) is 3. The molecule has 1 aliphatic rings. The Kier molecular flexibility index (Phi) is 19.1. The Morgan fingerprint density at radius 2 is 1.47 bits per heavy atom. The molecule has 1 rings (SSSR count). The Balaban J connectivity index is 2.31. The largest absolute Gasteiger partial charge is 0.355 e. The maximum atomic E-state index is 12.3. The second-order valence-corrected chi connectivity index (χ2v) is 13.4. The van der Waals surface area contributed by atoms with Gasteiger partial charge in [0.25, 0.3) is 0 Å². The smallest absolute Gasteiger partial charge is 0.243 e. The third kappa shape index (κ3) is 14.8. The lowest BCUT2D eigenvalue weighted by molar-refractivity contribution is -0.137. The molecule has 8 nitrogen and oxygen atoms in total. The van der Waals surface area contributed by atoms with E-state index in [0.29, 0.717) is 6.54 Å². The second-order valence-electron chi connectivity index (χ2n) is 7.99. The summed E-state index contributed by atoms with van der Waals surface area (Å²) in [6, 6.07) is -1.38. The van der Waals surface area contributed by atoms with Gasteiger partial charge < -0.3 is 25.6 Å². The van der Waals surface area contributed by atoms with Gasteiger partial charge in [0.1, 0.15) is 18.4 Å². The average Bonchev–Trinajstić information content (AvgIpc) is 2.82. The summed E-state index contributed by atoms with van der Waals surface area (Å²) in [5.41, 5.74) is 0. The minimum Gasteiger partial charge on any atom is -0.355 e. The number of aldehydes is 1. The SMILES string of the molecule is CSSCCCCN(CCCCSSC)CCNC(=O)CCC1NC(=O)C(CCC=O)NC1=O. The van der Waals surface area contributed by atoms with Crippen molar-refractivity contribution < 1.29 is 19.2 Å². The molecule has 0 aromatic heterocycles. The summed E-state index contributed by atoms with van der Waals surface area (Å²) in [6.07, 6.45) is 10.6. The van der Waals surface area contributed by atoms with Gasteiger partial charge in [-0.1, -0.05) is 43.2 Å². The minimum atomic E-state index is -0.708. The number of piperazine rings is 1. The number of amides is 3. The van der Waals surface area contributed by atoms with E-state index in [1.807, 2.05) is 43.2 Å². The molecule has 1 fully saturated rings. The number of rotatable bonds is 21. The van der Waals surface area contributed by atoms with Crippen molar-refractivity contribution in [3.8, 4) is 0 Å². The number of hydrogen-bond acceptors (Lipinski definition) is 9. The van der Waals surface area contributed by atoms with Crippen molar-refractivity contribution in [2.45, 2.75) is 63.5 Å². The van der Waals surface area contributed by atoms with Crippen LogP contribution in [0.5, 0.6) is 0 Å². The monoisotopic (exact) mass is 552 g/mol. The van der Waals surface area contributed by atoms with Gasteiger partial charge in [0.05, 0.1) is 0 Å². The highest BCUT2D eigenvalue weighted by Crippen LogP contribution is 2.19. The Bertz CT molecular complexity index is 601. The van der Waals surface area contributed by atoms with Crippen LogP contribution in [-0.2, 0) is 19.2 Å². The zero-order valence-corrected chi connectivity index (χ0v) is 23.6. The molecular weight excluding hydrogens is 513 g/mol. The molecule has 12 heteroatoms. The normalized spacial score (nSPS) is 18.0. The molecule has 196 valence electrons. The molecule has 2 unspecified atom stereocenters. The highest BCUT2D eigenvalue weighted by atomic mass is 33.1. The molecular formula is C22H40N4O4S4. The lowest BCUT2D eigenvalue weighted by atomic mass is 10.0. The first-order chi connectivity index (χ1) is 16.5. The molecule has 1 saturated heterocycles. The van der Waals surface area contributed by atoms with E-state index in [-0.39, 0.29) is 43.4 Å². The van der Waals surface area contributed by atoms with Crippen molar-refractivity contribution >= 4 is 67.2 Å². The molecule has 1 heterocycles. The van der Waals surface area contributed by atoms with Gasteiger partial charge in [-0.2, -0.15) is 0 Å². The van der Waals surface area contributed by atoms with Crippen LogP contribution in [0.1, 0.15) is 51.4 Å². The van der Waals surface area contributed by atoms with Gasteiger partial charge in [0.15, 0.2) is 0 Å². The van der Waals surface area contributed by atoms with E-state index in [0.717, 1.165) is 38.8 Å². The second kappa shape index (κ2) is 20.6.